The minimum Gasteiger partial charge on any atom is -0.345 e. The summed E-state index contributed by atoms with van der Waals surface area (Å²) in [5.41, 5.74) is 1.54. The van der Waals surface area contributed by atoms with Crippen molar-refractivity contribution in [2.75, 3.05) is 26.2 Å². The molecule has 1 aromatic rings. The standard InChI is InChI=1S/C19H23FN2O2/c20-15-2-3-16(14-4-10-21(13-23)11-5-14)17(12-15)19(6-7-19)18(24)22-8-1-9-22/h2-3,12-14H,1,4-11H2. The lowest BCUT2D eigenvalue weighted by molar-refractivity contribution is -0.137. The molecule has 0 aromatic heterocycles. The summed E-state index contributed by atoms with van der Waals surface area (Å²) in [6.07, 6.45) is 5.38. The van der Waals surface area contributed by atoms with Gasteiger partial charge in [0.1, 0.15) is 5.82 Å². The first-order chi connectivity index (χ1) is 11.6. The number of nitrogens with zero attached hydrogens (tertiary/aromatic N) is 2. The SMILES string of the molecule is O=CN1CCC(c2ccc(F)cc2C2(C(=O)N3CCC3)CC2)CC1. The van der Waals surface area contributed by atoms with Crippen LogP contribution in [0.5, 0.6) is 0 Å². The highest BCUT2D eigenvalue weighted by Gasteiger charge is 2.55. The van der Waals surface area contributed by atoms with Gasteiger partial charge in [-0.05, 0) is 61.3 Å². The first-order valence-corrected chi connectivity index (χ1v) is 8.93. The van der Waals surface area contributed by atoms with E-state index in [9.17, 15) is 14.0 Å². The van der Waals surface area contributed by atoms with Gasteiger partial charge in [-0.1, -0.05) is 6.07 Å². The Morgan fingerprint density at radius 2 is 1.88 bits per heavy atom. The summed E-state index contributed by atoms with van der Waals surface area (Å²) in [7, 11) is 0. The Kier molecular flexibility index (Phi) is 3.82. The lowest BCUT2D eigenvalue weighted by atomic mass is 9.80. The minimum atomic E-state index is -0.486. The predicted octanol–water partition coefficient (Wildman–Crippen LogP) is 2.43. The average molecular weight is 330 g/mol. The number of likely N-dealkylation sites (tertiary alicyclic amines) is 2. The molecule has 0 radical (unpaired) electrons. The van der Waals surface area contributed by atoms with Crippen LogP contribution in [0.4, 0.5) is 4.39 Å². The van der Waals surface area contributed by atoms with Crippen LogP contribution in [0.15, 0.2) is 18.2 Å². The Morgan fingerprint density at radius 1 is 1.17 bits per heavy atom. The number of carbonyl (C=O) groups is 2. The van der Waals surface area contributed by atoms with E-state index in [0.717, 1.165) is 75.8 Å². The van der Waals surface area contributed by atoms with Crippen LogP contribution in [-0.4, -0.2) is 48.3 Å². The summed E-state index contributed by atoms with van der Waals surface area (Å²) in [6.45, 7) is 3.14. The second-order valence-electron chi connectivity index (χ2n) is 7.38. The number of hydrogen-bond acceptors (Lipinski definition) is 2. The quantitative estimate of drug-likeness (QED) is 0.796. The Bertz CT molecular complexity index is 659. The molecule has 1 aromatic carbocycles. The fraction of sp³-hybridized carbons (Fsp3) is 0.579. The van der Waals surface area contributed by atoms with E-state index >= 15 is 0 Å². The van der Waals surface area contributed by atoms with Gasteiger partial charge in [0, 0.05) is 26.2 Å². The molecule has 1 aliphatic carbocycles. The third kappa shape index (κ3) is 2.50. The van der Waals surface area contributed by atoms with Crippen LogP contribution < -0.4 is 0 Å². The molecule has 2 aliphatic heterocycles. The Labute approximate surface area is 141 Å². The van der Waals surface area contributed by atoms with Crippen LogP contribution in [0.1, 0.15) is 49.1 Å². The van der Waals surface area contributed by atoms with Gasteiger partial charge in [0.15, 0.2) is 0 Å². The first kappa shape index (κ1) is 15.6. The van der Waals surface area contributed by atoms with Gasteiger partial charge >= 0.3 is 0 Å². The van der Waals surface area contributed by atoms with Crippen LogP contribution >= 0.6 is 0 Å². The third-order valence-corrected chi connectivity index (χ3v) is 5.95. The van der Waals surface area contributed by atoms with Gasteiger partial charge < -0.3 is 9.80 Å². The van der Waals surface area contributed by atoms with E-state index in [-0.39, 0.29) is 11.7 Å². The summed E-state index contributed by atoms with van der Waals surface area (Å²) in [5, 5.41) is 0. The number of halogens is 1. The molecule has 4 nitrogen and oxygen atoms in total. The van der Waals surface area contributed by atoms with Crippen molar-refractivity contribution in [2.45, 2.75) is 43.4 Å². The lowest BCUT2D eigenvalue weighted by Crippen LogP contribution is -2.47. The van der Waals surface area contributed by atoms with E-state index in [1.165, 1.54) is 6.07 Å². The summed E-state index contributed by atoms with van der Waals surface area (Å²) < 4.78 is 14.0. The van der Waals surface area contributed by atoms with Crippen LogP contribution in [0, 0.1) is 5.82 Å². The van der Waals surface area contributed by atoms with E-state index < -0.39 is 5.41 Å². The van der Waals surface area contributed by atoms with Crippen LogP contribution in [0.25, 0.3) is 0 Å². The minimum absolute atomic E-state index is 0.186. The highest BCUT2D eigenvalue weighted by Crippen LogP contribution is 2.53. The maximum atomic E-state index is 14.0. The molecule has 128 valence electrons. The zero-order valence-corrected chi connectivity index (χ0v) is 13.8. The van der Waals surface area contributed by atoms with E-state index in [2.05, 4.69) is 0 Å². The molecule has 0 atom stereocenters. The third-order valence-electron chi connectivity index (χ3n) is 5.95. The van der Waals surface area contributed by atoms with E-state index in [1.807, 2.05) is 11.0 Å². The molecule has 0 unspecified atom stereocenters. The maximum Gasteiger partial charge on any atom is 0.233 e. The Morgan fingerprint density at radius 3 is 2.42 bits per heavy atom. The smallest absolute Gasteiger partial charge is 0.233 e. The first-order valence-electron chi connectivity index (χ1n) is 8.93. The highest BCUT2D eigenvalue weighted by atomic mass is 19.1. The van der Waals surface area contributed by atoms with Gasteiger partial charge in [-0.15, -0.1) is 0 Å². The molecule has 3 aliphatic rings. The normalized spacial score (nSPS) is 22.9. The molecule has 2 heterocycles. The van der Waals surface area contributed by atoms with Crippen molar-refractivity contribution >= 4 is 12.3 Å². The lowest BCUT2D eigenvalue weighted by Gasteiger charge is -2.36. The zero-order chi connectivity index (χ0) is 16.7. The number of amides is 2. The monoisotopic (exact) mass is 330 g/mol. The zero-order valence-electron chi connectivity index (χ0n) is 13.8. The number of piperidine rings is 1. The van der Waals surface area contributed by atoms with Gasteiger partial charge in [-0.25, -0.2) is 4.39 Å². The second kappa shape index (κ2) is 5.87. The molecule has 0 bridgehead atoms. The molecule has 1 saturated carbocycles. The maximum absolute atomic E-state index is 14.0. The molecular formula is C19H23FN2O2. The Balaban J connectivity index is 1.64. The predicted molar refractivity (Wildman–Crippen MR) is 88.1 cm³/mol. The molecule has 3 fully saturated rings. The summed E-state index contributed by atoms with van der Waals surface area (Å²) in [5.74, 6) is 0.228. The largest absolute Gasteiger partial charge is 0.345 e. The summed E-state index contributed by atoms with van der Waals surface area (Å²) in [4.78, 5) is 27.5. The number of rotatable bonds is 4. The summed E-state index contributed by atoms with van der Waals surface area (Å²) >= 11 is 0. The van der Waals surface area contributed by atoms with E-state index in [1.54, 1.807) is 11.0 Å². The van der Waals surface area contributed by atoms with Crippen LogP contribution in [0.3, 0.4) is 0 Å². The van der Waals surface area contributed by atoms with Crippen molar-refractivity contribution in [3.8, 4) is 0 Å². The number of hydrogen-bond donors (Lipinski definition) is 0. The van der Waals surface area contributed by atoms with Crippen molar-refractivity contribution in [3.05, 3.63) is 35.1 Å². The van der Waals surface area contributed by atoms with Crippen molar-refractivity contribution in [1.82, 2.24) is 9.80 Å². The van der Waals surface area contributed by atoms with Crippen LogP contribution in [-0.2, 0) is 15.0 Å². The molecule has 2 saturated heterocycles. The molecule has 5 heteroatoms. The molecule has 24 heavy (non-hydrogen) atoms. The van der Waals surface area contributed by atoms with Gasteiger partial charge in [0.25, 0.3) is 0 Å². The molecule has 0 N–H and O–H groups in total. The Hall–Kier alpha value is -1.91. The number of carbonyl (C=O) groups excluding carboxylic acids is 2. The fourth-order valence-corrected chi connectivity index (χ4v) is 4.16. The highest BCUT2D eigenvalue weighted by molar-refractivity contribution is 5.92. The van der Waals surface area contributed by atoms with E-state index in [0.29, 0.717) is 5.92 Å². The van der Waals surface area contributed by atoms with Crippen molar-refractivity contribution in [2.24, 2.45) is 0 Å². The van der Waals surface area contributed by atoms with Gasteiger partial charge in [-0.3, -0.25) is 9.59 Å². The molecule has 2 amide bonds. The second-order valence-corrected chi connectivity index (χ2v) is 7.38. The van der Waals surface area contributed by atoms with Crippen molar-refractivity contribution in [3.63, 3.8) is 0 Å². The van der Waals surface area contributed by atoms with Gasteiger partial charge in [0.05, 0.1) is 5.41 Å². The average Bonchev–Trinajstić information content (AvgIpc) is 3.35. The van der Waals surface area contributed by atoms with Gasteiger partial charge in [-0.2, -0.15) is 0 Å². The van der Waals surface area contributed by atoms with Crippen molar-refractivity contribution in [1.29, 1.82) is 0 Å². The molecule has 0 spiro atoms. The van der Waals surface area contributed by atoms with Crippen molar-refractivity contribution < 1.29 is 14.0 Å². The van der Waals surface area contributed by atoms with Crippen LogP contribution in [0.2, 0.25) is 0 Å². The molecule has 4 rings (SSSR count). The van der Waals surface area contributed by atoms with Gasteiger partial charge in [0.2, 0.25) is 12.3 Å². The molecular weight excluding hydrogens is 307 g/mol. The topological polar surface area (TPSA) is 40.6 Å². The summed E-state index contributed by atoms with van der Waals surface area (Å²) in [6, 6.07) is 4.97. The fourth-order valence-electron chi connectivity index (χ4n) is 4.16. The van der Waals surface area contributed by atoms with E-state index in [4.69, 9.17) is 0 Å². The number of benzene rings is 1.